The number of hydrogen-bond donors (Lipinski definition) is 2. The molecule has 0 radical (unpaired) electrons. The van der Waals surface area contributed by atoms with Crippen LogP contribution >= 0.6 is 0 Å². The number of nitrogens with zero attached hydrogens (tertiary/aromatic N) is 2. The number of carbonyl (C=O) groups excluding carboxylic acids is 2. The van der Waals surface area contributed by atoms with E-state index in [-0.39, 0.29) is 24.4 Å². The molecule has 3 aliphatic rings. The summed E-state index contributed by atoms with van der Waals surface area (Å²) in [6.07, 6.45) is 2.71. The van der Waals surface area contributed by atoms with E-state index < -0.39 is 69.3 Å². The molecule has 1 aromatic heterocycles. The smallest absolute Gasteiger partial charge is 0.279 e. The van der Waals surface area contributed by atoms with Crippen molar-refractivity contribution in [3.8, 4) is 12.0 Å². The van der Waals surface area contributed by atoms with Crippen molar-refractivity contribution in [3.63, 3.8) is 0 Å². The Morgan fingerprint density at radius 2 is 1.97 bits per heavy atom. The van der Waals surface area contributed by atoms with E-state index >= 15 is 0 Å². The molecule has 2 aliphatic heterocycles. The third-order valence-corrected chi connectivity index (χ3v) is 6.72. The quantitative estimate of drug-likeness (QED) is 0.478. The van der Waals surface area contributed by atoms with Crippen LogP contribution in [0, 0.1) is 34.6 Å². The Morgan fingerprint density at radius 3 is 2.67 bits per heavy atom. The average Bonchev–Trinajstić information content (AvgIpc) is 3.19. The highest BCUT2D eigenvalue weighted by Gasteiger charge is 2.48. The molecule has 188 valence electrons. The molecule has 0 spiro atoms. The number of fused-ring (bicyclic) bond motifs is 5. The van der Waals surface area contributed by atoms with Crippen LogP contribution in [-0.4, -0.2) is 39.7 Å². The van der Waals surface area contributed by atoms with Gasteiger partial charge in [-0.3, -0.25) is 19.4 Å². The molecule has 12 heteroatoms. The molecule has 9 nitrogen and oxygen atoms in total. The Bertz CT molecular complexity index is 1380. The summed E-state index contributed by atoms with van der Waals surface area (Å²) in [7, 11) is 0. The number of rotatable bonds is 4. The number of halogens is 3. The van der Waals surface area contributed by atoms with Gasteiger partial charge in [-0.1, -0.05) is 0 Å². The van der Waals surface area contributed by atoms with Crippen LogP contribution in [0.4, 0.5) is 18.9 Å². The lowest BCUT2D eigenvalue weighted by Crippen LogP contribution is -2.99. The highest BCUT2D eigenvalue weighted by atomic mass is 19.1. The summed E-state index contributed by atoms with van der Waals surface area (Å²) in [5.74, 6) is -2.73. The molecule has 2 N–H and O–H groups in total. The predicted molar refractivity (Wildman–Crippen MR) is 118 cm³/mol. The molecule has 3 heterocycles. The molecule has 2 fully saturated rings. The van der Waals surface area contributed by atoms with Gasteiger partial charge in [0, 0.05) is 43.4 Å². The van der Waals surface area contributed by atoms with Crippen LogP contribution in [0.5, 0.6) is 0 Å². The Morgan fingerprint density at radius 1 is 1.25 bits per heavy atom. The summed E-state index contributed by atoms with van der Waals surface area (Å²) in [6, 6.07) is 3.11. The maximum Gasteiger partial charge on any atom is 0.279 e. The van der Waals surface area contributed by atoms with E-state index in [1.165, 1.54) is 11.5 Å². The minimum absolute atomic E-state index is 0.000290. The molecule has 1 aromatic carbocycles. The Hall–Kier alpha value is -3.66. The van der Waals surface area contributed by atoms with Gasteiger partial charge in [0.1, 0.15) is 29.1 Å². The van der Waals surface area contributed by atoms with E-state index in [1.807, 2.05) is 0 Å². The Balaban J connectivity index is 1.54. The van der Waals surface area contributed by atoms with Gasteiger partial charge in [-0.25, -0.2) is 13.2 Å². The maximum atomic E-state index is 14.0. The number of carbonyl (C=O) groups is 2. The van der Waals surface area contributed by atoms with Crippen LogP contribution in [0.15, 0.2) is 23.1 Å². The van der Waals surface area contributed by atoms with E-state index in [4.69, 9.17) is 4.74 Å². The normalized spacial score (nSPS) is 22.9. The number of ether oxygens (including phenoxy) is 1. The summed E-state index contributed by atoms with van der Waals surface area (Å²) in [4.78, 5) is 41.2. The van der Waals surface area contributed by atoms with E-state index in [1.54, 1.807) is 4.90 Å². The van der Waals surface area contributed by atoms with E-state index in [0.29, 0.717) is 18.6 Å². The number of aromatic nitrogens is 1. The monoisotopic (exact) mass is 502 g/mol. The van der Waals surface area contributed by atoms with Crippen LogP contribution in [0.2, 0.25) is 0 Å². The number of nitrogens with one attached hydrogen (secondary N) is 2. The third-order valence-electron chi connectivity index (χ3n) is 6.72. The van der Waals surface area contributed by atoms with Gasteiger partial charge in [-0.15, -0.1) is 0 Å². The van der Waals surface area contributed by atoms with Gasteiger partial charge in [0.2, 0.25) is 5.69 Å². The van der Waals surface area contributed by atoms with Crippen molar-refractivity contribution >= 4 is 17.5 Å². The summed E-state index contributed by atoms with van der Waals surface area (Å²) in [5.41, 5.74) is -2.86. The first-order valence-electron chi connectivity index (χ1n) is 11.3. The topological polar surface area (TPSA) is 108 Å². The van der Waals surface area contributed by atoms with Crippen LogP contribution in [0.25, 0.3) is 0 Å². The second kappa shape index (κ2) is 9.09. The molecule has 1 saturated heterocycles. The van der Waals surface area contributed by atoms with Gasteiger partial charge in [-0.05, 0) is 25.2 Å². The van der Waals surface area contributed by atoms with Gasteiger partial charge >= 0.3 is 0 Å². The van der Waals surface area contributed by atoms with Gasteiger partial charge in [0.15, 0.2) is 11.9 Å². The zero-order chi connectivity index (χ0) is 25.7. The minimum atomic E-state index is -1.21. The van der Waals surface area contributed by atoms with Crippen molar-refractivity contribution in [2.45, 2.75) is 57.6 Å². The highest BCUT2D eigenvalue weighted by Crippen LogP contribution is 2.38. The number of amides is 2. The zero-order valence-corrected chi connectivity index (χ0v) is 19.1. The van der Waals surface area contributed by atoms with Crippen molar-refractivity contribution < 1.29 is 32.6 Å². The van der Waals surface area contributed by atoms with Gasteiger partial charge < -0.3 is 24.7 Å². The van der Waals surface area contributed by atoms with Crippen LogP contribution in [0.1, 0.15) is 52.6 Å². The first kappa shape index (κ1) is 24.1. The molecule has 2 amide bonds. The molecule has 5 rings (SSSR count). The molecule has 2 bridgehead atoms. The lowest BCUT2D eigenvalue weighted by molar-refractivity contribution is -0.695. The van der Waals surface area contributed by atoms with Crippen LogP contribution < -0.4 is 15.8 Å². The fourth-order valence-electron chi connectivity index (χ4n) is 5.13. The lowest BCUT2D eigenvalue weighted by atomic mass is 10.1. The molecule has 2 aromatic rings. The first-order valence-corrected chi connectivity index (χ1v) is 11.3. The summed E-state index contributed by atoms with van der Waals surface area (Å²) < 4.78 is 48.5. The van der Waals surface area contributed by atoms with Crippen molar-refractivity contribution in [3.05, 3.63) is 68.0 Å². The second-order valence-corrected chi connectivity index (χ2v) is 8.87. The third kappa shape index (κ3) is 3.95. The fraction of sp³-hybridized carbons (Fsp3) is 0.375. The van der Waals surface area contributed by atoms with E-state index in [0.717, 1.165) is 19.0 Å². The number of hydrogen-bond acceptors (Lipinski definition) is 5. The predicted octanol–water partition coefficient (Wildman–Crippen LogP) is 0.924. The summed E-state index contributed by atoms with van der Waals surface area (Å²) in [6.45, 7) is 0.785. The zero-order valence-electron chi connectivity index (χ0n) is 19.1. The molecule has 1 aliphatic carbocycles. The first-order chi connectivity index (χ1) is 17.2. The van der Waals surface area contributed by atoms with Crippen molar-refractivity contribution in [1.29, 1.82) is 0 Å². The van der Waals surface area contributed by atoms with Gasteiger partial charge in [-0.2, -0.15) is 0 Å². The molecule has 2 unspecified atom stereocenters. The van der Waals surface area contributed by atoms with Crippen molar-refractivity contribution in [1.82, 2.24) is 14.8 Å². The molecule has 4 atom stereocenters. The number of hydroxylamine groups is 1. The second-order valence-electron chi connectivity index (χ2n) is 8.87. The van der Waals surface area contributed by atoms with Gasteiger partial charge in [0.25, 0.3) is 17.2 Å². The van der Waals surface area contributed by atoms with Crippen LogP contribution in [0.3, 0.4) is 0 Å². The molecule has 36 heavy (non-hydrogen) atoms. The molecule has 1 saturated carbocycles. The Labute approximate surface area is 203 Å². The summed E-state index contributed by atoms with van der Waals surface area (Å²) >= 11 is 0. The molecular formula is C24H21F3N4O5. The number of pyridine rings is 1. The largest absolute Gasteiger partial charge is 0.614 e. The fourth-order valence-corrected chi connectivity index (χ4v) is 5.13. The SMILES string of the molecule is CC#C[NH+]([O-])c1c2n(cc(C(=O)NCc3c(F)cc(F)cc3F)c1=O)CC1O[C@H]3CC[C@@H](C3)N1C2=O. The number of benzene rings is 1. The Kier molecular flexibility index (Phi) is 6.07. The van der Waals surface area contributed by atoms with E-state index in [2.05, 4.69) is 17.3 Å². The number of quaternary nitrogens is 1. The minimum Gasteiger partial charge on any atom is -0.614 e. The van der Waals surface area contributed by atoms with E-state index in [9.17, 15) is 32.8 Å². The summed E-state index contributed by atoms with van der Waals surface area (Å²) in [5, 5.41) is 14.1. The van der Waals surface area contributed by atoms with Crippen LogP contribution in [-0.2, 0) is 17.8 Å². The average molecular weight is 502 g/mol. The van der Waals surface area contributed by atoms with Gasteiger partial charge in [0.05, 0.1) is 12.6 Å². The highest BCUT2D eigenvalue weighted by molar-refractivity contribution is 6.00. The lowest BCUT2D eigenvalue weighted by Gasteiger charge is -2.44. The molecular weight excluding hydrogens is 481 g/mol. The standard InChI is InChI=1S/C24H21F3N4O5/c1-2-5-30(35)20-21-24(34)31-13-3-4-14(8-13)36-19(31)11-29(21)10-16(22(20)32)23(33)28-9-15-17(26)6-12(25)7-18(15)27/h6-7,10,13-14,19,30H,3-4,8-9,11H2,1H3,(H,28,33)/t13-,14-,19?/m0/s1. The maximum absolute atomic E-state index is 14.0. The van der Waals surface area contributed by atoms with Crippen molar-refractivity contribution in [2.75, 3.05) is 0 Å². The van der Waals surface area contributed by atoms with Crippen molar-refractivity contribution in [2.24, 2.45) is 0 Å².